The fourth-order valence-corrected chi connectivity index (χ4v) is 2.38. The van der Waals surface area contributed by atoms with Crippen molar-refractivity contribution in [1.82, 2.24) is 0 Å². The lowest BCUT2D eigenvalue weighted by atomic mass is 9.97. The Morgan fingerprint density at radius 3 is 2.12 bits per heavy atom. The summed E-state index contributed by atoms with van der Waals surface area (Å²) in [5.41, 5.74) is -1.18. The summed E-state index contributed by atoms with van der Waals surface area (Å²) in [6.45, 7) is 1.35. The number of ether oxygens (including phenoxy) is 2. The van der Waals surface area contributed by atoms with Gasteiger partial charge in [0.05, 0.1) is 12.3 Å². The number of carbonyl (C=O) groups is 2. The van der Waals surface area contributed by atoms with Crippen molar-refractivity contribution >= 4 is 11.9 Å². The van der Waals surface area contributed by atoms with Gasteiger partial charge in [-0.05, 0) is 32.1 Å². The van der Waals surface area contributed by atoms with Crippen molar-refractivity contribution in [2.24, 2.45) is 5.92 Å². The summed E-state index contributed by atoms with van der Waals surface area (Å²) in [5.74, 6) is -7.27. The second-order valence-corrected chi connectivity index (χ2v) is 6.16. The second kappa shape index (κ2) is 7.65. The van der Waals surface area contributed by atoms with Crippen molar-refractivity contribution in [3.05, 3.63) is 0 Å². The summed E-state index contributed by atoms with van der Waals surface area (Å²) in [7, 11) is 0. The topological polar surface area (TPSA) is 52.6 Å². The molecule has 1 aliphatic rings. The Morgan fingerprint density at radius 2 is 1.67 bits per heavy atom. The second-order valence-electron chi connectivity index (χ2n) is 6.16. The van der Waals surface area contributed by atoms with Crippen LogP contribution in [0.4, 0.5) is 22.0 Å². The van der Waals surface area contributed by atoms with Gasteiger partial charge in [-0.15, -0.1) is 0 Å². The first kappa shape index (κ1) is 20.6. The highest BCUT2D eigenvalue weighted by molar-refractivity contribution is 5.75. The van der Waals surface area contributed by atoms with Crippen LogP contribution in [0, 0.1) is 5.92 Å². The largest absolute Gasteiger partial charge is 0.459 e. The third-order valence-electron chi connectivity index (χ3n) is 4.14. The Bertz CT molecular complexity index is 455. The predicted molar refractivity (Wildman–Crippen MR) is 73.3 cm³/mol. The summed E-state index contributed by atoms with van der Waals surface area (Å²) in [6.07, 6.45) is -3.76. The fraction of sp³-hybridized carbons (Fsp3) is 0.867. The Morgan fingerprint density at radius 1 is 1.12 bits per heavy atom. The number of hydrogen-bond donors (Lipinski definition) is 0. The van der Waals surface area contributed by atoms with E-state index in [4.69, 9.17) is 4.74 Å². The maximum absolute atomic E-state index is 12.8. The minimum absolute atomic E-state index is 0.347. The molecule has 1 aliphatic carbocycles. The van der Waals surface area contributed by atoms with Crippen LogP contribution in [0.5, 0.6) is 0 Å². The van der Waals surface area contributed by atoms with E-state index < -0.39 is 48.6 Å². The maximum atomic E-state index is 12.8. The highest BCUT2D eigenvalue weighted by Gasteiger charge is 2.58. The highest BCUT2D eigenvalue weighted by atomic mass is 19.4. The minimum Gasteiger partial charge on any atom is -0.459 e. The molecule has 140 valence electrons. The zero-order chi connectivity index (χ0) is 18.6. The average Bonchev–Trinajstić information content (AvgIpc) is 2.91. The van der Waals surface area contributed by atoms with E-state index >= 15 is 0 Å². The molecule has 1 atom stereocenters. The number of rotatable bonds is 7. The van der Waals surface area contributed by atoms with Gasteiger partial charge >= 0.3 is 24.0 Å². The Labute approximate surface area is 136 Å². The first-order valence-corrected chi connectivity index (χ1v) is 7.75. The van der Waals surface area contributed by atoms with Gasteiger partial charge in [0.1, 0.15) is 5.60 Å². The SMILES string of the molecule is CCC(C)C(=O)OC1(CC(=O)OCC(F)(F)C(F)(F)F)CCCC1. The lowest BCUT2D eigenvalue weighted by Gasteiger charge is -2.29. The molecule has 0 radical (unpaired) electrons. The van der Waals surface area contributed by atoms with Gasteiger partial charge in [0.25, 0.3) is 0 Å². The van der Waals surface area contributed by atoms with Crippen molar-refractivity contribution in [3.8, 4) is 0 Å². The molecule has 9 heteroatoms. The van der Waals surface area contributed by atoms with E-state index in [1.165, 1.54) is 0 Å². The molecule has 0 aromatic carbocycles. The summed E-state index contributed by atoms with van der Waals surface area (Å²) >= 11 is 0. The molecule has 0 aromatic heterocycles. The molecule has 0 amide bonds. The lowest BCUT2D eigenvalue weighted by molar-refractivity contribution is -0.294. The van der Waals surface area contributed by atoms with Crippen LogP contribution >= 0.6 is 0 Å². The summed E-state index contributed by atoms with van der Waals surface area (Å²) in [4.78, 5) is 23.6. The van der Waals surface area contributed by atoms with E-state index in [9.17, 15) is 31.5 Å². The van der Waals surface area contributed by atoms with Crippen LogP contribution in [0.25, 0.3) is 0 Å². The normalized spacial score (nSPS) is 19.0. The predicted octanol–water partition coefficient (Wildman–Crippen LogP) is 4.02. The first-order valence-electron chi connectivity index (χ1n) is 7.75. The summed E-state index contributed by atoms with van der Waals surface area (Å²) < 4.78 is 71.2. The minimum atomic E-state index is -5.79. The van der Waals surface area contributed by atoms with E-state index in [-0.39, 0.29) is 0 Å². The van der Waals surface area contributed by atoms with Crippen LogP contribution in [-0.4, -0.2) is 36.2 Å². The average molecular weight is 360 g/mol. The zero-order valence-corrected chi connectivity index (χ0v) is 13.5. The van der Waals surface area contributed by atoms with Crippen molar-refractivity contribution in [1.29, 1.82) is 0 Å². The molecule has 4 nitrogen and oxygen atoms in total. The molecule has 1 unspecified atom stereocenters. The molecular weight excluding hydrogens is 339 g/mol. The number of hydrogen-bond acceptors (Lipinski definition) is 4. The number of alkyl halides is 5. The fourth-order valence-electron chi connectivity index (χ4n) is 2.38. The van der Waals surface area contributed by atoms with Crippen molar-refractivity contribution in [2.45, 2.75) is 70.1 Å². The Hall–Kier alpha value is -1.41. The molecule has 1 fully saturated rings. The van der Waals surface area contributed by atoms with Gasteiger partial charge in [0, 0.05) is 0 Å². The molecule has 0 aromatic rings. The molecule has 24 heavy (non-hydrogen) atoms. The Kier molecular flexibility index (Phi) is 6.58. The standard InChI is InChI=1S/C15H21F5O4/c1-3-10(2)12(22)24-13(6-4-5-7-13)8-11(21)23-9-14(16,17)15(18,19)20/h10H,3-9H2,1-2H3. The quantitative estimate of drug-likeness (QED) is 0.508. The van der Waals surface area contributed by atoms with Crippen LogP contribution in [0.15, 0.2) is 0 Å². The Balaban J connectivity index is 2.65. The van der Waals surface area contributed by atoms with Gasteiger partial charge in [0.2, 0.25) is 0 Å². The lowest BCUT2D eigenvalue weighted by Crippen LogP contribution is -2.42. The van der Waals surface area contributed by atoms with Crippen LogP contribution in [0.1, 0.15) is 52.4 Å². The number of halogens is 5. The molecule has 0 bridgehead atoms. The van der Waals surface area contributed by atoms with Gasteiger partial charge in [-0.3, -0.25) is 9.59 Å². The first-order chi connectivity index (χ1) is 10.9. The van der Waals surface area contributed by atoms with Crippen LogP contribution in [0.2, 0.25) is 0 Å². The molecule has 0 aliphatic heterocycles. The van der Waals surface area contributed by atoms with E-state index in [1.807, 2.05) is 0 Å². The van der Waals surface area contributed by atoms with Crippen molar-refractivity contribution < 1.29 is 41.0 Å². The summed E-state index contributed by atoms with van der Waals surface area (Å²) in [5, 5.41) is 0. The van der Waals surface area contributed by atoms with E-state index in [1.54, 1.807) is 13.8 Å². The molecule has 1 rings (SSSR count). The van der Waals surface area contributed by atoms with Gasteiger partial charge < -0.3 is 9.47 Å². The maximum Gasteiger partial charge on any atom is 0.456 e. The third-order valence-corrected chi connectivity index (χ3v) is 4.14. The monoisotopic (exact) mass is 360 g/mol. The molecule has 0 N–H and O–H groups in total. The van der Waals surface area contributed by atoms with Gasteiger partial charge in [-0.2, -0.15) is 22.0 Å². The van der Waals surface area contributed by atoms with E-state index in [0.717, 1.165) is 0 Å². The smallest absolute Gasteiger partial charge is 0.456 e. The highest BCUT2D eigenvalue weighted by Crippen LogP contribution is 2.38. The molecule has 0 heterocycles. The number of esters is 2. The van der Waals surface area contributed by atoms with Gasteiger partial charge in [-0.25, -0.2) is 0 Å². The zero-order valence-electron chi connectivity index (χ0n) is 13.5. The molecule has 1 saturated carbocycles. The van der Waals surface area contributed by atoms with Gasteiger partial charge in [-0.1, -0.05) is 13.8 Å². The van der Waals surface area contributed by atoms with Crippen molar-refractivity contribution in [3.63, 3.8) is 0 Å². The number of carbonyl (C=O) groups excluding carboxylic acids is 2. The summed E-state index contributed by atoms with van der Waals surface area (Å²) in [6, 6.07) is 0. The molecular formula is C15H21F5O4. The third kappa shape index (κ3) is 5.31. The van der Waals surface area contributed by atoms with Gasteiger partial charge in [0.15, 0.2) is 6.61 Å². The van der Waals surface area contributed by atoms with E-state index in [0.29, 0.717) is 32.1 Å². The van der Waals surface area contributed by atoms with Crippen LogP contribution in [0.3, 0.4) is 0 Å². The molecule has 0 spiro atoms. The van der Waals surface area contributed by atoms with Crippen LogP contribution in [-0.2, 0) is 19.1 Å². The molecule has 0 saturated heterocycles. The van der Waals surface area contributed by atoms with Crippen LogP contribution < -0.4 is 0 Å². The van der Waals surface area contributed by atoms with E-state index in [2.05, 4.69) is 4.74 Å². The van der Waals surface area contributed by atoms with Crippen molar-refractivity contribution in [2.75, 3.05) is 6.61 Å².